The summed E-state index contributed by atoms with van der Waals surface area (Å²) in [6, 6.07) is 19.1. The molecule has 0 amide bonds. The average molecular weight is 489 g/mol. The van der Waals surface area contributed by atoms with E-state index in [0.717, 1.165) is 44.1 Å². The molecule has 2 heterocycles. The van der Waals surface area contributed by atoms with E-state index in [9.17, 15) is 0 Å². The zero-order valence-corrected chi connectivity index (χ0v) is 18.6. The van der Waals surface area contributed by atoms with Gasteiger partial charge in [0.1, 0.15) is 0 Å². The molecule has 0 saturated carbocycles. The molecule has 3 aromatic rings. The molecule has 148 valence electrons. The molecule has 28 heavy (non-hydrogen) atoms. The lowest BCUT2D eigenvalue weighted by Gasteiger charge is -2.22. The number of para-hydroxylation sites is 2. The van der Waals surface area contributed by atoms with Crippen LogP contribution in [0.5, 0.6) is 0 Å². The molecule has 1 saturated heterocycles. The van der Waals surface area contributed by atoms with Crippen LogP contribution in [0, 0.1) is 0 Å². The largest absolute Gasteiger partial charge is 0.356 e. The van der Waals surface area contributed by atoms with Gasteiger partial charge in [0, 0.05) is 39.1 Å². The summed E-state index contributed by atoms with van der Waals surface area (Å²) in [4.78, 5) is 11.3. The number of hydrogen-bond donors (Lipinski definition) is 1. The van der Waals surface area contributed by atoms with E-state index in [1.807, 2.05) is 19.4 Å². The fraction of sp³-hybridized carbons (Fsp3) is 0.364. The summed E-state index contributed by atoms with van der Waals surface area (Å²) in [6.45, 7) is 3.96. The third-order valence-electron chi connectivity index (χ3n) is 5.36. The van der Waals surface area contributed by atoms with Crippen molar-refractivity contribution in [3.8, 4) is 0 Å². The van der Waals surface area contributed by atoms with Crippen molar-refractivity contribution in [3.05, 3.63) is 66.5 Å². The van der Waals surface area contributed by atoms with E-state index < -0.39 is 0 Å². The highest BCUT2D eigenvalue weighted by Gasteiger charge is 2.25. The summed E-state index contributed by atoms with van der Waals surface area (Å²) in [5, 5.41) is 3.54. The SMILES string of the molecule is CN=C(NCCCn1cnc2ccccc21)N1CCC(c2ccccc2)C1.I. The molecule has 1 atom stereocenters. The number of aryl methyl sites for hydroxylation is 1. The highest BCUT2D eigenvalue weighted by Crippen LogP contribution is 2.26. The van der Waals surface area contributed by atoms with Gasteiger partial charge >= 0.3 is 0 Å². The number of fused-ring (bicyclic) bond motifs is 1. The maximum atomic E-state index is 4.49. The van der Waals surface area contributed by atoms with E-state index in [1.165, 1.54) is 17.5 Å². The third kappa shape index (κ3) is 4.66. The van der Waals surface area contributed by atoms with Crippen LogP contribution in [0.2, 0.25) is 0 Å². The number of rotatable bonds is 5. The molecule has 1 aliphatic rings. The molecule has 1 N–H and O–H groups in total. The lowest BCUT2D eigenvalue weighted by molar-refractivity contribution is 0.482. The van der Waals surface area contributed by atoms with Gasteiger partial charge in [0.15, 0.2) is 5.96 Å². The lowest BCUT2D eigenvalue weighted by atomic mass is 9.99. The first kappa shape index (κ1) is 20.6. The van der Waals surface area contributed by atoms with Crippen molar-refractivity contribution in [1.82, 2.24) is 19.8 Å². The van der Waals surface area contributed by atoms with Crippen LogP contribution in [0.1, 0.15) is 24.3 Å². The van der Waals surface area contributed by atoms with Gasteiger partial charge in [-0.25, -0.2) is 4.98 Å². The molecular formula is C22H28IN5. The molecule has 1 fully saturated rings. The fourth-order valence-corrected chi connectivity index (χ4v) is 3.92. The Balaban J connectivity index is 0.00000225. The minimum Gasteiger partial charge on any atom is -0.356 e. The normalized spacial score (nSPS) is 17.0. The molecular weight excluding hydrogens is 461 g/mol. The molecule has 0 radical (unpaired) electrons. The van der Waals surface area contributed by atoms with Crippen molar-refractivity contribution in [3.63, 3.8) is 0 Å². The molecule has 1 aliphatic heterocycles. The monoisotopic (exact) mass is 489 g/mol. The average Bonchev–Trinajstić information content (AvgIpc) is 3.36. The second-order valence-electron chi connectivity index (χ2n) is 7.10. The van der Waals surface area contributed by atoms with Crippen molar-refractivity contribution in [2.75, 3.05) is 26.7 Å². The van der Waals surface area contributed by atoms with Crippen molar-refractivity contribution in [2.45, 2.75) is 25.3 Å². The van der Waals surface area contributed by atoms with Gasteiger partial charge in [-0.3, -0.25) is 4.99 Å². The van der Waals surface area contributed by atoms with Crippen molar-refractivity contribution in [2.24, 2.45) is 4.99 Å². The predicted octanol–water partition coefficient (Wildman–Crippen LogP) is 4.11. The standard InChI is InChI=1S/C22H27N5.HI/c1-23-22(26-15-12-19(16-26)18-8-3-2-4-9-18)24-13-7-14-27-17-25-20-10-5-6-11-21(20)27;/h2-6,8-11,17,19H,7,12-16H2,1H3,(H,23,24);1H. The van der Waals surface area contributed by atoms with Gasteiger partial charge in [-0.2, -0.15) is 0 Å². The summed E-state index contributed by atoms with van der Waals surface area (Å²) in [5.41, 5.74) is 3.69. The third-order valence-corrected chi connectivity index (χ3v) is 5.36. The van der Waals surface area contributed by atoms with Gasteiger partial charge in [-0.1, -0.05) is 42.5 Å². The number of aromatic nitrogens is 2. The van der Waals surface area contributed by atoms with Crippen LogP contribution in [0.4, 0.5) is 0 Å². The Labute approximate surface area is 183 Å². The van der Waals surface area contributed by atoms with Crippen LogP contribution in [0.25, 0.3) is 11.0 Å². The number of imidazole rings is 1. The smallest absolute Gasteiger partial charge is 0.193 e. The summed E-state index contributed by atoms with van der Waals surface area (Å²) in [7, 11) is 1.88. The van der Waals surface area contributed by atoms with E-state index in [1.54, 1.807) is 0 Å². The van der Waals surface area contributed by atoms with Crippen LogP contribution in [0.15, 0.2) is 65.9 Å². The summed E-state index contributed by atoms with van der Waals surface area (Å²) >= 11 is 0. The highest BCUT2D eigenvalue weighted by atomic mass is 127. The van der Waals surface area contributed by atoms with Crippen LogP contribution >= 0.6 is 24.0 Å². The predicted molar refractivity (Wildman–Crippen MR) is 126 cm³/mol. The van der Waals surface area contributed by atoms with Crippen LogP contribution in [-0.4, -0.2) is 47.1 Å². The maximum Gasteiger partial charge on any atom is 0.193 e. The summed E-state index contributed by atoms with van der Waals surface area (Å²) in [5.74, 6) is 1.62. The summed E-state index contributed by atoms with van der Waals surface area (Å²) in [6.07, 6.45) is 4.16. The molecule has 0 bridgehead atoms. The number of nitrogens with one attached hydrogen (secondary N) is 1. The zero-order chi connectivity index (χ0) is 18.5. The molecule has 5 nitrogen and oxygen atoms in total. The Morgan fingerprint density at radius 3 is 2.75 bits per heavy atom. The number of halogens is 1. The van der Waals surface area contributed by atoms with Crippen molar-refractivity contribution < 1.29 is 0 Å². The van der Waals surface area contributed by atoms with E-state index in [-0.39, 0.29) is 24.0 Å². The van der Waals surface area contributed by atoms with Crippen molar-refractivity contribution in [1.29, 1.82) is 0 Å². The van der Waals surface area contributed by atoms with Crippen LogP contribution in [0.3, 0.4) is 0 Å². The number of likely N-dealkylation sites (tertiary alicyclic amines) is 1. The fourth-order valence-electron chi connectivity index (χ4n) is 3.92. The van der Waals surface area contributed by atoms with Gasteiger partial charge in [0.2, 0.25) is 0 Å². The Morgan fingerprint density at radius 1 is 1.14 bits per heavy atom. The molecule has 2 aromatic carbocycles. The Hall–Kier alpha value is -2.09. The maximum absolute atomic E-state index is 4.49. The van der Waals surface area contributed by atoms with E-state index in [4.69, 9.17) is 0 Å². The number of aliphatic imine (C=N–C) groups is 1. The Morgan fingerprint density at radius 2 is 1.93 bits per heavy atom. The molecule has 4 rings (SSSR count). The van der Waals surface area contributed by atoms with Gasteiger partial charge in [-0.15, -0.1) is 24.0 Å². The quantitative estimate of drug-likeness (QED) is 0.254. The van der Waals surface area contributed by atoms with E-state index in [0.29, 0.717) is 5.92 Å². The first-order valence-corrected chi connectivity index (χ1v) is 9.75. The second kappa shape index (κ2) is 9.91. The van der Waals surface area contributed by atoms with Crippen molar-refractivity contribution >= 4 is 41.0 Å². The molecule has 1 aromatic heterocycles. The number of guanidine groups is 1. The van der Waals surface area contributed by atoms with Gasteiger partial charge in [0.05, 0.1) is 17.4 Å². The number of hydrogen-bond acceptors (Lipinski definition) is 2. The molecule has 0 spiro atoms. The van der Waals surface area contributed by atoms with Crippen LogP contribution < -0.4 is 5.32 Å². The Kier molecular flexibility index (Phi) is 7.30. The summed E-state index contributed by atoms with van der Waals surface area (Å²) < 4.78 is 2.22. The Bertz CT molecular complexity index is 905. The van der Waals surface area contributed by atoms with Gasteiger partial charge < -0.3 is 14.8 Å². The topological polar surface area (TPSA) is 45.5 Å². The highest BCUT2D eigenvalue weighted by molar-refractivity contribution is 14.0. The minimum absolute atomic E-state index is 0. The van der Waals surface area contributed by atoms with E-state index >= 15 is 0 Å². The van der Waals surface area contributed by atoms with Crippen LogP contribution in [-0.2, 0) is 6.54 Å². The minimum atomic E-state index is 0. The second-order valence-corrected chi connectivity index (χ2v) is 7.10. The molecule has 0 aliphatic carbocycles. The first-order chi connectivity index (χ1) is 13.3. The zero-order valence-electron chi connectivity index (χ0n) is 16.3. The first-order valence-electron chi connectivity index (χ1n) is 9.75. The lowest BCUT2D eigenvalue weighted by Crippen LogP contribution is -2.40. The number of benzene rings is 2. The van der Waals surface area contributed by atoms with Gasteiger partial charge in [0.25, 0.3) is 0 Å². The van der Waals surface area contributed by atoms with E-state index in [2.05, 4.69) is 73.3 Å². The number of nitrogens with zero attached hydrogens (tertiary/aromatic N) is 4. The molecule has 6 heteroatoms. The molecule has 1 unspecified atom stereocenters. The van der Waals surface area contributed by atoms with Gasteiger partial charge in [-0.05, 0) is 30.5 Å².